The first-order chi connectivity index (χ1) is 24.7. The number of thioether (sulfide) groups is 1. The molecule has 4 atom stereocenters. The van der Waals surface area contributed by atoms with E-state index in [9.17, 15) is 13.9 Å². The van der Waals surface area contributed by atoms with E-state index in [4.69, 9.17) is 4.74 Å². The van der Waals surface area contributed by atoms with Crippen LogP contribution in [0.2, 0.25) is 0 Å². The van der Waals surface area contributed by atoms with E-state index in [0.29, 0.717) is 17.6 Å². The van der Waals surface area contributed by atoms with Gasteiger partial charge in [-0.3, -0.25) is 4.79 Å². The molecule has 10 heteroatoms. The summed E-state index contributed by atoms with van der Waals surface area (Å²) in [5, 5.41) is 6.82. The molecule has 0 aromatic heterocycles. The first-order valence-electron chi connectivity index (χ1n) is 18.9. The number of nitrogens with one attached hydrogen (secondary N) is 2. The largest absolute Gasteiger partial charge is 0.490 e. The maximum absolute atomic E-state index is 12.5. The number of unbranched alkanes of at least 4 members (excludes halogenated alkanes) is 5. The smallest absolute Gasteiger partial charge is 0.219 e. The molecule has 2 aliphatic heterocycles. The van der Waals surface area contributed by atoms with Crippen LogP contribution in [0.1, 0.15) is 97.0 Å². The Labute approximate surface area is 320 Å². The maximum Gasteiger partial charge on any atom is 0.219 e. The average Bonchev–Trinajstić information content (AvgIpc) is 3.52. The molecule has 4 N–H and O–H groups in total. The fourth-order valence-electron chi connectivity index (χ4n) is 7.81. The van der Waals surface area contributed by atoms with Gasteiger partial charge in [0.2, 0.25) is 11.6 Å². The fourth-order valence-corrected chi connectivity index (χ4v) is 9.09. The lowest BCUT2D eigenvalue weighted by Crippen LogP contribution is -2.31. The Morgan fingerprint density at radius 3 is 2.57 bits per heavy atom. The van der Waals surface area contributed by atoms with Crippen molar-refractivity contribution in [2.45, 2.75) is 113 Å². The SMILES string of the molecule is CNCCCCCNC(=O)CCCCCC1(C)C(/C=C/C=C/C=C2\OC3C=CC(SC)CC3C2(C)C)=[N+](CCCCSO)c2ccc(SO)cc21. The summed E-state index contributed by atoms with van der Waals surface area (Å²) in [6, 6.07) is 6.29. The minimum absolute atomic E-state index is 0.0171. The number of nitrogens with zero attached hydrogens (tertiary/aromatic N) is 1. The van der Waals surface area contributed by atoms with Gasteiger partial charge in [0, 0.05) is 76.4 Å². The van der Waals surface area contributed by atoms with Crippen molar-refractivity contribution in [3.05, 3.63) is 72.1 Å². The molecule has 1 aromatic rings. The molecule has 1 aliphatic carbocycles. The number of amides is 1. The third-order valence-corrected chi connectivity index (χ3v) is 12.8. The summed E-state index contributed by atoms with van der Waals surface area (Å²) in [5.74, 6) is 2.41. The van der Waals surface area contributed by atoms with Gasteiger partial charge in [-0.1, -0.05) is 57.4 Å². The zero-order chi connectivity index (χ0) is 36.7. The number of carbonyl (C=O) groups excluding carboxylic acids is 1. The van der Waals surface area contributed by atoms with Crippen molar-refractivity contribution in [1.82, 2.24) is 10.6 Å². The first kappa shape index (κ1) is 41.8. The summed E-state index contributed by atoms with van der Waals surface area (Å²) in [7, 11) is 1.97. The Hall–Kier alpha value is -1.95. The molecule has 282 valence electrons. The second-order valence-electron chi connectivity index (χ2n) is 14.8. The van der Waals surface area contributed by atoms with Crippen LogP contribution in [0.5, 0.6) is 0 Å². The highest BCUT2D eigenvalue weighted by Gasteiger charge is 2.49. The number of allylic oxidation sites excluding steroid dienone is 6. The van der Waals surface area contributed by atoms with E-state index in [-0.39, 0.29) is 22.8 Å². The monoisotopic (exact) mass is 756 g/mol. The van der Waals surface area contributed by atoms with Crippen molar-refractivity contribution in [1.29, 1.82) is 0 Å². The quantitative estimate of drug-likeness (QED) is 0.0306. The third-order valence-electron chi connectivity index (χ3n) is 10.9. The number of rotatable bonds is 22. The number of carbonyl (C=O) groups is 1. The molecule has 2 heterocycles. The highest BCUT2D eigenvalue weighted by molar-refractivity contribution is 7.99. The minimum atomic E-state index is -0.252. The Morgan fingerprint density at radius 2 is 1.80 bits per heavy atom. The highest BCUT2D eigenvalue weighted by atomic mass is 32.2. The van der Waals surface area contributed by atoms with E-state index in [1.165, 1.54) is 17.0 Å². The van der Waals surface area contributed by atoms with Crippen molar-refractivity contribution in [3.8, 4) is 0 Å². The number of hydrogen-bond acceptors (Lipinski definition) is 8. The molecule has 1 fully saturated rings. The highest BCUT2D eigenvalue weighted by Crippen LogP contribution is 2.51. The van der Waals surface area contributed by atoms with Crippen molar-refractivity contribution in [2.75, 3.05) is 38.7 Å². The summed E-state index contributed by atoms with van der Waals surface area (Å²) in [4.78, 5) is 13.3. The molecular weight excluding hydrogens is 695 g/mol. The molecule has 1 saturated heterocycles. The number of ether oxygens (including phenoxy) is 1. The van der Waals surface area contributed by atoms with Crippen LogP contribution in [0.15, 0.2) is 71.4 Å². The molecule has 3 aliphatic rings. The number of benzene rings is 1. The predicted octanol–water partition coefficient (Wildman–Crippen LogP) is 9.78. The van der Waals surface area contributed by atoms with E-state index >= 15 is 0 Å². The van der Waals surface area contributed by atoms with Gasteiger partial charge in [0.25, 0.3) is 0 Å². The normalized spacial score (nSPS) is 24.5. The topological polar surface area (TPSA) is 93.8 Å². The van der Waals surface area contributed by atoms with E-state index in [0.717, 1.165) is 124 Å². The van der Waals surface area contributed by atoms with Crippen LogP contribution >= 0.6 is 35.8 Å². The minimum Gasteiger partial charge on any atom is -0.490 e. The number of fused-ring (bicyclic) bond motifs is 2. The number of hydrogen-bond donors (Lipinski definition) is 4. The zero-order valence-corrected chi connectivity index (χ0v) is 33.9. The van der Waals surface area contributed by atoms with Crippen LogP contribution in [0.4, 0.5) is 5.69 Å². The second kappa shape index (κ2) is 21.1. The third kappa shape index (κ3) is 11.3. The molecule has 0 radical (unpaired) electrons. The van der Waals surface area contributed by atoms with Crippen LogP contribution in [0.25, 0.3) is 0 Å². The Balaban J connectivity index is 1.47. The summed E-state index contributed by atoms with van der Waals surface area (Å²) in [6.07, 6.45) is 28.4. The second-order valence-corrected chi connectivity index (χ2v) is 17.2. The molecule has 1 amide bonds. The average molecular weight is 757 g/mol. The summed E-state index contributed by atoms with van der Waals surface area (Å²) < 4.78 is 28.2. The Bertz CT molecular complexity index is 1440. The molecule has 0 bridgehead atoms. The van der Waals surface area contributed by atoms with Gasteiger partial charge in [0.05, 0.1) is 5.41 Å². The van der Waals surface area contributed by atoms with Crippen LogP contribution in [0.3, 0.4) is 0 Å². The van der Waals surface area contributed by atoms with E-state index in [2.05, 4.69) is 96.9 Å². The lowest BCUT2D eigenvalue weighted by Gasteiger charge is -2.31. The molecule has 7 nitrogen and oxygen atoms in total. The lowest BCUT2D eigenvalue weighted by atomic mass is 9.72. The van der Waals surface area contributed by atoms with Gasteiger partial charge >= 0.3 is 0 Å². The van der Waals surface area contributed by atoms with Crippen molar-refractivity contribution in [2.24, 2.45) is 11.3 Å². The predicted molar refractivity (Wildman–Crippen MR) is 220 cm³/mol. The van der Waals surface area contributed by atoms with Crippen molar-refractivity contribution >= 4 is 53.2 Å². The van der Waals surface area contributed by atoms with Crippen LogP contribution in [0, 0.1) is 11.3 Å². The van der Waals surface area contributed by atoms with Gasteiger partial charge in [-0.2, -0.15) is 16.3 Å². The molecule has 1 aromatic carbocycles. The lowest BCUT2D eigenvalue weighted by molar-refractivity contribution is -0.438. The van der Waals surface area contributed by atoms with Gasteiger partial charge in [-0.25, -0.2) is 0 Å². The van der Waals surface area contributed by atoms with Crippen molar-refractivity contribution in [3.63, 3.8) is 0 Å². The molecule has 51 heavy (non-hydrogen) atoms. The molecule has 4 unspecified atom stereocenters. The zero-order valence-electron chi connectivity index (χ0n) is 31.5. The van der Waals surface area contributed by atoms with Crippen LogP contribution in [-0.2, 0) is 14.9 Å². The summed E-state index contributed by atoms with van der Waals surface area (Å²) in [5.41, 5.74) is 3.40. The van der Waals surface area contributed by atoms with E-state index < -0.39 is 0 Å². The van der Waals surface area contributed by atoms with E-state index in [1.807, 2.05) is 24.9 Å². The standard InChI is InChI=1S/C41H61N3O4S3/c1-40(2)34-29-31(49-5)21-23-36(34)48-38(40)18-10-6-9-17-37-41(3,24-12-7-11-19-39(45)43-26-14-8-13-25-42-4)33-30-32(51-47)20-22-35(33)44(37)27-15-16-28-50-46/h6,9-10,17-18,20-23,30-31,34,36,42H,7-8,11-16,19,24-29H2,1-5H3,(H2-,43,45,46,47)/p+1/b10-6+,17-9+,38-18-. The van der Waals surface area contributed by atoms with Gasteiger partial charge in [-0.15, -0.1) is 0 Å². The summed E-state index contributed by atoms with van der Waals surface area (Å²) in [6.45, 7) is 9.59. The maximum atomic E-state index is 12.5. The molecular formula is C41H62N3O4S3+. The van der Waals surface area contributed by atoms with Gasteiger partial charge in [0.1, 0.15) is 18.4 Å². The van der Waals surface area contributed by atoms with Gasteiger partial charge < -0.3 is 24.5 Å². The Kier molecular flexibility index (Phi) is 17.3. The molecule has 0 spiro atoms. The Morgan fingerprint density at radius 1 is 1.00 bits per heavy atom. The van der Waals surface area contributed by atoms with Gasteiger partial charge in [-0.05, 0) is 102 Å². The van der Waals surface area contributed by atoms with Gasteiger partial charge in [0.15, 0.2) is 5.71 Å². The van der Waals surface area contributed by atoms with Crippen LogP contribution < -0.4 is 10.6 Å². The molecule has 4 rings (SSSR count). The first-order valence-corrected chi connectivity index (χ1v) is 21.9. The fraction of sp³-hybridized carbons (Fsp3) is 0.610. The van der Waals surface area contributed by atoms with Crippen molar-refractivity contribution < 1.29 is 23.2 Å². The summed E-state index contributed by atoms with van der Waals surface area (Å²) >= 11 is 3.62. The van der Waals surface area contributed by atoms with E-state index in [1.54, 1.807) is 0 Å². The van der Waals surface area contributed by atoms with Crippen LogP contribution in [-0.4, -0.2) is 75.3 Å². The molecule has 0 saturated carbocycles.